The van der Waals surface area contributed by atoms with Crippen LogP contribution in [0.25, 0.3) is 0 Å². The minimum absolute atomic E-state index is 0.139. The molecular weight excluding hydrogens is 240 g/mol. The summed E-state index contributed by atoms with van der Waals surface area (Å²) in [4.78, 5) is 19.3. The van der Waals surface area contributed by atoms with E-state index in [0.717, 1.165) is 36.9 Å². The summed E-state index contributed by atoms with van der Waals surface area (Å²) in [6, 6.07) is 8.02. The number of nitrogens with two attached hydrogens (primary N) is 1. The van der Waals surface area contributed by atoms with Gasteiger partial charge in [0.1, 0.15) is 0 Å². The van der Waals surface area contributed by atoms with Gasteiger partial charge in [-0.05, 0) is 44.2 Å². The Morgan fingerprint density at radius 2 is 2.21 bits per heavy atom. The molecule has 1 fully saturated rings. The monoisotopic (exact) mass is 262 g/mol. The topological polar surface area (TPSA) is 55.6 Å². The van der Waals surface area contributed by atoms with Gasteiger partial charge >= 0.3 is 0 Å². The molecule has 1 saturated heterocycles. The van der Waals surface area contributed by atoms with Gasteiger partial charge in [-0.2, -0.15) is 0 Å². The van der Waals surface area contributed by atoms with Gasteiger partial charge in [-0.25, -0.2) is 5.90 Å². The molecule has 1 aromatic rings. The number of rotatable bonds is 4. The van der Waals surface area contributed by atoms with Crippen LogP contribution in [0.3, 0.4) is 0 Å². The van der Waals surface area contributed by atoms with Crippen LogP contribution in [0.1, 0.15) is 41.6 Å². The first-order valence-electron chi connectivity index (χ1n) is 6.92. The fourth-order valence-corrected chi connectivity index (χ4v) is 2.74. The molecule has 1 aliphatic heterocycles. The summed E-state index contributed by atoms with van der Waals surface area (Å²) in [5.74, 6) is 5.24. The Morgan fingerprint density at radius 1 is 1.42 bits per heavy atom. The van der Waals surface area contributed by atoms with Gasteiger partial charge in [-0.3, -0.25) is 4.79 Å². The summed E-state index contributed by atoms with van der Waals surface area (Å²) in [6.45, 7) is 3.32. The van der Waals surface area contributed by atoms with Crippen molar-refractivity contribution in [2.45, 2.75) is 38.6 Å². The molecule has 2 N–H and O–H groups in total. The van der Waals surface area contributed by atoms with E-state index in [9.17, 15) is 4.79 Å². The summed E-state index contributed by atoms with van der Waals surface area (Å²) in [5, 5.41) is 0. The molecule has 2 rings (SSSR count). The zero-order chi connectivity index (χ0) is 13.7. The van der Waals surface area contributed by atoms with E-state index in [2.05, 4.69) is 4.84 Å². The summed E-state index contributed by atoms with van der Waals surface area (Å²) >= 11 is 0. The van der Waals surface area contributed by atoms with Crippen molar-refractivity contribution in [2.75, 3.05) is 13.2 Å². The average molecular weight is 262 g/mol. The Balaban J connectivity index is 2.13. The maximum Gasteiger partial charge on any atom is 0.254 e. The van der Waals surface area contributed by atoms with Crippen LogP contribution in [0.5, 0.6) is 0 Å². The number of benzene rings is 1. The van der Waals surface area contributed by atoms with Crippen LogP contribution in [0.15, 0.2) is 24.3 Å². The summed E-state index contributed by atoms with van der Waals surface area (Å²) < 4.78 is 0. The second kappa shape index (κ2) is 6.68. The van der Waals surface area contributed by atoms with Gasteiger partial charge in [-0.15, -0.1) is 0 Å². The number of carbonyl (C=O) groups excluding carboxylic acids is 1. The number of hydrogen-bond donors (Lipinski definition) is 1. The standard InChI is InChI=1S/C15H22N2O2/c1-12-6-2-3-8-14(12)15(18)17-10-5-4-7-13(17)9-11-19-16/h2-3,6,8,13H,4-5,7,9-11,16H2,1H3. The van der Waals surface area contributed by atoms with E-state index >= 15 is 0 Å². The largest absolute Gasteiger partial charge is 0.336 e. The third-order valence-corrected chi connectivity index (χ3v) is 3.83. The van der Waals surface area contributed by atoms with Gasteiger partial charge < -0.3 is 9.74 Å². The van der Waals surface area contributed by atoms with Crippen molar-refractivity contribution in [1.29, 1.82) is 0 Å². The van der Waals surface area contributed by atoms with E-state index in [1.165, 1.54) is 6.42 Å². The molecule has 104 valence electrons. The summed E-state index contributed by atoms with van der Waals surface area (Å²) in [5.41, 5.74) is 1.84. The van der Waals surface area contributed by atoms with Crippen molar-refractivity contribution >= 4 is 5.91 Å². The molecule has 1 aliphatic rings. The zero-order valence-electron chi connectivity index (χ0n) is 11.5. The predicted octanol–water partition coefficient (Wildman–Crippen LogP) is 2.27. The van der Waals surface area contributed by atoms with Crippen LogP contribution < -0.4 is 5.90 Å². The van der Waals surface area contributed by atoms with E-state index in [4.69, 9.17) is 5.90 Å². The van der Waals surface area contributed by atoms with E-state index in [1.807, 2.05) is 36.1 Å². The Morgan fingerprint density at radius 3 is 2.95 bits per heavy atom. The van der Waals surface area contributed by atoms with Gasteiger partial charge in [0.15, 0.2) is 0 Å². The highest BCUT2D eigenvalue weighted by molar-refractivity contribution is 5.95. The maximum atomic E-state index is 12.6. The Kier molecular flexibility index (Phi) is 4.93. The minimum Gasteiger partial charge on any atom is -0.336 e. The van der Waals surface area contributed by atoms with Gasteiger partial charge in [0.2, 0.25) is 0 Å². The van der Waals surface area contributed by atoms with Crippen molar-refractivity contribution < 1.29 is 9.63 Å². The van der Waals surface area contributed by atoms with E-state index in [0.29, 0.717) is 6.61 Å². The minimum atomic E-state index is 0.139. The number of likely N-dealkylation sites (tertiary alicyclic amines) is 1. The SMILES string of the molecule is Cc1ccccc1C(=O)N1CCCCC1CCON. The summed E-state index contributed by atoms with van der Waals surface area (Å²) in [7, 11) is 0. The van der Waals surface area contributed by atoms with Crippen molar-refractivity contribution in [2.24, 2.45) is 5.90 Å². The number of nitrogens with zero attached hydrogens (tertiary/aromatic N) is 1. The van der Waals surface area contributed by atoms with E-state index in [1.54, 1.807) is 0 Å². The Hall–Kier alpha value is -1.39. The molecule has 19 heavy (non-hydrogen) atoms. The highest BCUT2D eigenvalue weighted by atomic mass is 16.6. The first kappa shape index (κ1) is 14.0. The van der Waals surface area contributed by atoms with Crippen molar-refractivity contribution in [3.05, 3.63) is 35.4 Å². The van der Waals surface area contributed by atoms with Crippen molar-refractivity contribution in [1.82, 2.24) is 4.90 Å². The normalized spacial score (nSPS) is 19.5. The molecule has 0 aromatic heterocycles. The lowest BCUT2D eigenvalue weighted by Gasteiger charge is -2.36. The summed E-state index contributed by atoms with van der Waals surface area (Å²) in [6.07, 6.45) is 4.11. The van der Waals surface area contributed by atoms with Crippen LogP contribution in [0.4, 0.5) is 0 Å². The number of carbonyl (C=O) groups is 1. The smallest absolute Gasteiger partial charge is 0.254 e. The highest BCUT2D eigenvalue weighted by Crippen LogP contribution is 2.23. The average Bonchev–Trinajstić information content (AvgIpc) is 2.45. The Bertz CT molecular complexity index is 434. The Labute approximate surface area is 114 Å². The quantitative estimate of drug-likeness (QED) is 0.847. The number of hydrogen-bond acceptors (Lipinski definition) is 3. The zero-order valence-corrected chi connectivity index (χ0v) is 11.5. The molecule has 4 nitrogen and oxygen atoms in total. The lowest BCUT2D eigenvalue weighted by atomic mass is 9.97. The number of amides is 1. The fourth-order valence-electron chi connectivity index (χ4n) is 2.74. The molecule has 1 heterocycles. The van der Waals surface area contributed by atoms with E-state index in [-0.39, 0.29) is 11.9 Å². The lowest BCUT2D eigenvalue weighted by molar-refractivity contribution is 0.0513. The molecule has 0 radical (unpaired) electrons. The van der Waals surface area contributed by atoms with E-state index < -0.39 is 0 Å². The van der Waals surface area contributed by atoms with Crippen LogP contribution in [0, 0.1) is 6.92 Å². The molecular formula is C15H22N2O2. The molecule has 4 heteroatoms. The van der Waals surface area contributed by atoms with Crippen LogP contribution in [0.2, 0.25) is 0 Å². The maximum absolute atomic E-state index is 12.6. The molecule has 0 spiro atoms. The van der Waals surface area contributed by atoms with Gasteiger partial charge in [-0.1, -0.05) is 18.2 Å². The lowest BCUT2D eigenvalue weighted by Crippen LogP contribution is -2.44. The van der Waals surface area contributed by atoms with Crippen LogP contribution >= 0.6 is 0 Å². The predicted molar refractivity (Wildman–Crippen MR) is 74.6 cm³/mol. The second-order valence-corrected chi connectivity index (χ2v) is 5.12. The number of aryl methyl sites for hydroxylation is 1. The highest BCUT2D eigenvalue weighted by Gasteiger charge is 2.27. The van der Waals surface area contributed by atoms with Crippen molar-refractivity contribution in [3.8, 4) is 0 Å². The molecule has 0 saturated carbocycles. The molecule has 0 bridgehead atoms. The first-order valence-corrected chi connectivity index (χ1v) is 6.92. The fraction of sp³-hybridized carbons (Fsp3) is 0.533. The van der Waals surface area contributed by atoms with Gasteiger partial charge in [0.05, 0.1) is 6.61 Å². The van der Waals surface area contributed by atoms with Crippen LogP contribution in [-0.2, 0) is 4.84 Å². The third-order valence-electron chi connectivity index (χ3n) is 3.83. The molecule has 1 atom stereocenters. The number of piperidine rings is 1. The third kappa shape index (κ3) is 3.33. The van der Waals surface area contributed by atoms with Gasteiger partial charge in [0.25, 0.3) is 5.91 Å². The van der Waals surface area contributed by atoms with Crippen LogP contribution in [-0.4, -0.2) is 30.0 Å². The molecule has 1 aromatic carbocycles. The first-order chi connectivity index (χ1) is 9.24. The van der Waals surface area contributed by atoms with Gasteiger partial charge in [0, 0.05) is 18.2 Å². The molecule has 0 aliphatic carbocycles. The van der Waals surface area contributed by atoms with Crippen molar-refractivity contribution in [3.63, 3.8) is 0 Å². The molecule has 1 amide bonds. The molecule has 1 unspecified atom stereocenters. The second-order valence-electron chi connectivity index (χ2n) is 5.12.